The Labute approximate surface area is 158 Å². The van der Waals surface area contributed by atoms with E-state index < -0.39 is 0 Å². The van der Waals surface area contributed by atoms with E-state index >= 15 is 0 Å². The van der Waals surface area contributed by atoms with E-state index in [2.05, 4.69) is 25.9 Å². The van der Waals surface area contributed by atoms with E-state index in [4.69, 9.17) is 5.73 Å². The first-order chi connectivity index (χ1) is 13.0. The molecule has 2 aromatic heterocycles. The SMILES string of the molecule is CC(N)=Nc1cc(C)c2c(n1)CN(C(=O)CC1CN(c3cccnc3)C1)C2. The number of rotatable bonds is 4. The lowest BCUT2D eigenvalue weighted by atomic mass is 9.95. The summed E-state index contributed by atoms with van der Waals surface area (Å²) in [6, 6.07) is 5.93. The van der Waals surface area contributed by atoms with Crippen molar-refractivity contribution in [2.75, 3.05) is 18.0 Å². The molecule has 0 unspecified atom stereocenters. The van der Waals surface area contributed by atoms with Gasteiger partial charge in [-0.05, 0) is 43.2 Å². The number of amides is 1. The first-order valence-corrected chi connectivity index (χ1v) is 9.22. The summed E-state index contributed by atoms with van der Waals surface area (Å²) in [5.74, 6) is 1.70. The Bertz CT molecular complexity index is 885. The van der Waals surface area contributed by atoms with Gasteiger partial charge in [0.2, 0.25) is 5.91 Å². The Balaban J connectivity index is 1.36. The van der Waals surface area contributed by atoms with Crippen LogP contribution in [-0.2, 0) is 17.9 Å². The number of amidine groups is 1. The minimum Gasteiger partial charge on any atom is -0.387 e. The molecule has 7 nitrogen and oxygen atoms in total. The molecule has 4 heterocycles. The number of pyridine rings is 2. The molecule has 0 spiro atoms. The van der Waals surface area contributed by atoms with Gasteiger partial charge >= 0.3 is 0 Å². The number of fused-ring (bicyclic) bond motifs is 1. The minimum absolute atomic E-state index is 0.197. The number of nitrogens with two attached hydrogens (primary N) is 1. The van der Waals surface area contributed by atoms with E-state index in [0.29, 0.717) is 37.1 Å². The molecule has 0 atom stereocenters. The summed E-state index contributed by atoms with van der Waals surface area (Å²) in [6.45, 7) is 6.79. The number of carbonyl (C=O) groups is 1. The van der Waals surface area contributed by atoms with E-state index in [1.165, 1.54) is 0 Å². The van der Waals surface area contributed by atoms with Crippen molar-refractivity contribution in [3.05, 3.63) is 47.4 Å². The van der Waals surface area contributed by atoms with Crippen molar-refractivity contribution in [2.45, 2.75) is 33.4 Å². The largest absolute Gasteiger partial charge is 0.387 e. The quantitative estimate of drug-likeness (QED) is 0.663. The van der Waals surface area contributed by atoms with Crippen molar-refractivity contribution in [1.82, 2.24) is 14.9 Å². The molecule has 1 amide bonds. The maximum absolute atomic E-state index is 12.8. The third-order valence-corrected chi connectivity index (χ3v) is 5.18. The fraction of sp³-hybridized carbons (Fsp3) is 0.400. The number of nitrogens with zero attached hydrogens (tertiary/aromatic N) is 5. The second kappa shape index (κ2) is 6.98. The van der Waals surface area contributed by atoms with Crippen LogP contribution in [0.3, 0.4) is 0 Å². The molecule has 0 aromatic carbocycles. The molecule has 0 bridgehead atoms. The third kappa shape index (κ3) is 3.63. The van der Waals surface area contributed by atoms with Gasteiger partial charge in [-0.3, -0.25) is 9.78 Å². The average Bonchev–Trinajstić information content (AvgIpc) is 3.02. The predicted molar refractivity (Wildman–Crippen MR) is 105 cm³/mol. The van der Waals surface area contributed by atoms with Crippen LogP contribution in [0.25, 0.3) is 0 Å². The number of anilines is 1. The fourth-order valence-electron chi connectivity index (χ4n) is 3.76. The highest BCUT2D eigenvalue weighted by molar-refractivity contribution is 5.80. The third-order valence-electron chi connectivity index (χ3n) is 5.18. The zero-order chi connectivity index (χ0) is 19.0. The summed E-state index contributed by atoms with van der Waals surface area (Å²) in [6.07, 6.45) is 4.22. The van der Waals surface area contributed by atoms with Crippen molar-refractivity contribution in [3.63, 3.8) is 0 Å². The topological polar surface area (TPSA) is 87.7 Å². The Morgan fingerprint density at radius 1 is 1.37 bits per heavy atom. The van der Waals surface area contributed by atoms with Crippen LogP contribution in [0.5, 0.6) is 0 Å². The van der Waals surface area contributed by atoms with Crippen LogP contribution in [0, 0.1) is 12.8 Å². The monoisotopic (exact) mass is 364 g/mol. The zero-order valence-electron chi connectivity index (χ0n) is 15.7. The van der Waals surface area contributed by atoms with Crippen LogP contribution < -0.4 is 10.6 Å². The molecule has 0 aliphatic carbocycles. The summed E-state index contributed by atoms with van der Waals surface area (Å²) in [5.41, 5.74) is 9.98. The van der Waals surface area contributed by atoms with E-state index in [9.17, 15) is 4.79 Å². The van der Waals surface area contributed by atoms with Crippen LogP contribution in [-0.4, -0.2) is 39.7 Å². The van der Waals surface area contributed by atoms with Gasteiger partial charge in [0.25, 0.3) is 0 Å². The number of hydrogen-bond acceptors (Lipinski definition) is 5. The van der Waals surface area contributed by atoms with Crippen molar-refractivity contribution in [2.24, 2.45) is 16.6 Å². The van der Waals surface area contributed by atoms with Gasteiger partial charge in [0.05, 0.1) is 30.0 Å². The van der Waals surface area contributed by atoms with Gasteiger partial charge in [0.15, 0.2) is 5.82 Å². The predicted octanol–water partition coefficient (Wildman–Crippen LogP) is 2.16. The maximum atomic E-state index is 12.8. The minimum atomic E-state index is 0.197. The summed E-state index contributed by atoms with van der Waals surface area (Å²) < 4.78 is 0. The Morgan fingerprint density at radius 3 is 2.89 bits per heavy atom. The van der Waals surface area contributed by atoms with E-state index in [1.807, 2.05) is 30.2 Å². The molecule has 2 aliphatic rings. The number of hydrogen-bond donors (Lipinski definition) is 1. The highest BCUT2D eigenvalue weighted by Gasteiger charge is 2.33. The van der Waals surface area contributed by atoms with Gasteiger partial charge < -0.3 is 15.5 Å². The van der Waals surface area contributed by atoms with Crippen molar-refractivity contribution in [3.8, 4) is 0 Å². The van der Waals surface area contributed by atoms with Crippen LogP contribution >= 0.6 is 0 Å². The fourth-order valence-corrected chi connectivity index (χ4v) is 3.76. The zero-order valence-corrected chi connectivity index (χ0v) is 15.7. The van der Waals surface area contributed by atoms with Gasteiger partial charge in [-0.1, -0.05) is 0 Å². The van der Waals surface area contributed by atoms with Crippen molar-refractivity contribution >= 4 is 23.2 Å². The van der Waals surface area contributed by atoms with Gasteiger partial charge in [-0.25, -0.2) is 9.98 Å². The molecule has 1 saturated heterocycles. The summed E-state index contributed by atoms with van der Waals surface area (Å²) in [5, 5.41) is 0. The van der Waals surface area contributed by atoms with Crippen LogP contribution in [0.4, 0.5) is 11.5 Å². The lowest BCUT2D eigenvalue weighted by molar-refractivity contribution is -0.133. The van der Waals surface area contributed by atoms with Gasteiger partial charge in [0.1, 0.15) is 0 Å². The van der Waals surface area contributed by atoms with Crippen molar-refractivity contribution < 1.29 is 4.79 Å². The molecule has 0 radical (unpaired) electrons. The number of carbonyl (C=O) groups excluding carboxylic acids is 1. The second-order valence-electron chi connectivity index (χ2n) is 7.41. The van der Waals surface area contributed by atoms with E-state index in [0.717, 1.165) is 35.6 Å². The molecule has 2 aromatic rings. The molecule has 2 aliphatic heterocycles. The highest BCUT2D eigenvalue weighted by Crippen LogP contribution is 2.30. The lowest BCUT2D eigenvalue weighted by Gasteiger charge is -2.41. The molecule has 2 N–H and O–H groups in total. The van der Waals surface area contributed by atoms with Gasteiger partial charge in [-0.15, -0.1) is 0 Å². The molecule has 4 rings (SSSR count). The molecule has 7 heteroatoms. The first kappa shape index (κ1) is 17.5. The van der Waals surface area contributed by atoms with E-state index in [-0.39, 0.29) is 5.91 Å². The number of aliphatic imine (C=N–C) groups is 1. The van der Waals surface area contributed by atoms with Crippen LogP contribution in [0.2, 0.25) is 0 Å². The normalized spacial score (nSPS) is 17.0. The van der Waals surface area contributed by atoms with Crippen LogP contribution in [0.15, 0.2) is 35.6 Å². The van der Waals surface area contributed by atoms with E-state index in [1.54, 1.807) is 13.1 Å². The van der Waals surface area contributed by atoms with Gasteiger partial charge in [-0.2, -0.15) is 0 Å². The van der Waals surface area contributed by atoms with Crippen molar-refractivity contribution in [1.29, 1.82) is 0 Å². The lowest BCUT2D eigenvalue weighted by Crippen LogP contribution is -2.48. The van der Waals surface area contributed by atoms with Crippen LogP contribution in [0.1, 0.15) is 30.2 Å². The van der Waals surface area contributed by atoms with Gasteiger partial charge in [0, 0.05) is 38.2 Å². The molecule has 0 saturated carbocycles. The summed E-state index contributed by atoms with van der Waals surface area (Å²) >= 11 is 0. The number of aryl methyl sites for hydroxylation is 1. The Morgan fingerprint density at radius 2 is 2.19 bits per heavy atom. The molecular weight excluding hydrogens is 340 g/mol. The smallest absolute Gasteiger partial charge is 0.223 e. The molecule has 27 heavy (non-hydrogen) atoms. The number of aromatic nitrogens is 2. The maximum Gasteiger partial charge on any atom is 0.223 e. The first-order valence-electron chi connectivity index (χ1n) is 9.22. The average molecular weight is 364 g/mol. The molecule has 140 valence electrons. The standard InChI is InChI=1S/C20H24N6O/c1-13-6-19(23-14(2)21)24-18-12-26(11-17(13)18)20(27)7-15-9-25(10-15)16-4-3-5-22-8-16/h3-6,8,15H,7,9-12H2,1-2H3,(H2,21,23,24). The molecule has 1 fully saturated rings. The molecular formula is C20H24N6O. The Kier molecular flexibility index (Phi) is 4.51. The second-order valence-corrected chi connectivity index (χ2v) is 7.41. The summed E-state index contributed by atoms with van der Waals surface area (Å²) in [7, 11) is 0. The highest BCUT2D eigenvalue weighted by atomic mass is 16.2. The summed E-state index contributed by atoms with van der Waals surface area (Å²) in [4.78, 5) is 29.9. The Hall–Kier alpha value is -2.96.